The van der Waals surface area contributed by atoms with Crippen LogP contribution in [-0.4, -0.2) is 5.78 Å². The van der Waals surface area contributed by atoms with Crippen molar-refractivity contribution in [1.82, 2.24) is 0 Å². The van der Waals surface area contributed by atoms with Crippen molar-refractivity contribution in [2.45, 2.75) is 32.1 Å². The normalized spacial score (nSPS) is 19.7. The summed E-state index contributed by atoms with van der Waals surface area (Å²) in [6.07, 6.45) is 7.01. The SMILES string of the molecule is O=C1CCCC[C@H](/C(=C/c2ccccc2)c2ccccc2)C1. The van der Waals surface area contributed by atoms with Gasteiger partial charge in [0.05, 0.1) is 0 Å². The molecule has 0 bridgehead atoms. The fourth-order valence-electron chi connectivity index (χ4n) is 3.25. The summed E-state index contributed by atoms with van der Waals surface area (Å²) in [5.41, 5.74) is 3.76. The highest BCUT2D eigenvalue weighted by Gasteiger charge is 2.22. The summed E-state index contributed by atoms with van der Waals surface area (Å²) in [5.74, 6) is 0.759. The van der Waals surface area contributed by atoms with Crippen LogP contribution in [0.2, 0.25) is 0 Å². The largest absolute Gasteiger partial charge is 0.300 e. The first kappa shape index (κ1) is 14.8. The van der Waals surface area contributed by atoms with E-state index in [1.165, 1.54) is 16.7 Å². The minimum Gasteiger partial charge on any atom is -0.300 e. The van der Waals surface area contributed by atoms with Crippen molar-refractivity contribution in [1.29, 1.82) is 0 Å². The Bertz CT molecular complexity index is 640. The lowest BCUT2D eigenvalue weighted by atomic mass is 9.85. The minimum absolute atomic E-state index is 0.345. The van der Waals surface area contributed by atoms with Gasteiger partial charge in [0.25, 0.3) is 0 Å². The summed E-state index contributed by atoms with van der Waals surface area (Å²) in [6, 6.07) is 20.9. The first-order valence-electron chi connectivity index (χ1n) is 8.17. The number of carbonyl (C=O) groups is 1. The summed E-state index contributed by atoms with van der Waals surface area (Å²) >= 11 is 0. The molecule has 1 saturated carbocycles. The summed E-state index contributed by atoms with van der Waals surface area (Å²) in [7, 11) is 0. The number of carbonyl (C=O) groups excluding carboxylic acids is 1. The van der Waals surface area contributed by atoms with Gasteiger partial charge in [-0.1, -0.05) is 73.2 Å². The van der Waals surface area contributed by atoms with Gasteiger partial charge in [0, 0.05) is 12.8 Å². The van der Waals surface area contributed by atoms with Gasteiger partial charge in [-0.3, -0.25) is 4.79 Å². The Morgan fingerprint density at radius 2 is 1.59 bits per heavy atom. The molecule has 3 rings (SSSR count). The Kier molecular flexibility index (Phi) is 4.85. The molecule has 0 spiro atoms. The topological polar surface area (TPSA) is 17.1 Å². The lowest BCUT2D eigenvalue weighted by Crippen LogP contribution is -2.07. The predicted octanol–water partition coefficient (Wildman–Crippen LogP) is 5.38. The van der Waals surface area contributed by atoms with E-state index in [9.17, 15) is 4.79 Å². The molecule has 0 heterocycles. The van der Waals surface area contributed by atoms with Gasteiger partial charge >= 0.3 is 0 Å². The van der Waals surface area contributed by atoms with Crippen LogP contribution < -0.4 is 0 Å². The van der Waals surface area contributed by atoms with Crippen LogP contribution in [0.25, 0.3) is 11.6 Å². The van der Waals surface area contributed by atoms with Gasteiger partial charge in [-0.25, -0.2) is 0 Å². The van der Waals surface area contributed by atoms with Gasteiger partial charge < -0.3 is 0 Å². The lowest BCUT2D eigenvalue weighted by molar-refractivity contribution is -0.119. The Hall–Kier alpha value is -2.15. The number of benzene rings is 2. The Balaban J connectivity index is 1.99. The second kappa shape index (κ2) is 7.22. The quantitative estimate of drug-likeness (QED) is 0.548. The zero-order valence-corrected chi connectivity index (χ0v) is 12.9. The van der Waals surface area contributed by atoms with E-state index in [4.69, 9.17) is 0 Å². The first-order chi connectivity index (χ1) is 10.8. The molecule has 2 aromatic carbocycles. The van der Waals surface area contributed by atoms with Crippen LogP contribution in [0.5, 0.6) is 0 Å². The fraction of sp³-hybridized carbons (Fsp3) is 0.286. The van der Waals surface area contributed by atoms with Crippen molar-refractivity contribution in [3.8, 4) is 0 Å². The van der Waals surface area contributed by atoms with Gasteiger partial charge in [-0.05, 0) is 35.5 Å². The van der Waals surface area contributed by atoms with Crippen LogP contribution in [0.1, 0.15) is 43.2 Å². The van der Waals surface area contributed by atoms with E-state index in [1.807, 2.05) is 12.1 Å². The zero-order chi connectivity index (χ0) is 15.2. The molecule has 22 heavy (non-hydrogen) atoms. The van der Waals surface area contributed by atoms with Crippen molar-refractivity contribution in [2.75, 3.05) is 0 Å². The van der Waals surface area contributed by atoms with Crippen molar-refractivity contribution >= 4 is 17.4 Å². The molecule has 0 N–H and O–H groups in total. The number of hydrogen-bond acceptors (Lipinski definition) is 1. The highest BCUT2D eigenvalue weighted by Crippen LogP contribution is 2.34. The molecule has 1 aliphatic carbocycles. The third-order valence-corrected chi connectivity index (χ3v) is 4.40. The van der Waals surface area contributed by atoms with E-state index in [-0.39, 0.29) is 0 Å². The number of Topliss-reactive ketones (excluding diaryl/α,β-unsaturated/α-hetero) is 1. The van der Waals surface area contributed by atoms with Gasteiger partial charge in [0.1, 0.15) is 5.78 Å². The highest BCUT2D eigenvalue weighted by atomic mass is 16.1. The van der Waals surface area contributed by atoms with Crippen LogP contribution in [0, 0.1) is 5.92 Å². The van der Waals surface area contributed by atoms with Crippen LogP contribution in [-0.2, 0) is 4.79 Å². The Labute approximate surface area is 132 Å². The second-order valence-electron chi connectivity index (χ2n) is 6.06. The molecular weight excluding hydrogens is 268 g/mol. The highest BCUT2D eigenvalue weighted by molar-refractivity contribution is 5.87. The molecule has 0 aliphatic heterocycles. The summed E-state index contributed by atoms with van der Waals surface area (Å²) in [5, 5.41) is 0. The van der Waals surface area contributed by atoms with Crippen LogP contribution in [0.4, 0.5) is 0 Å². The van der Waals surface area contributed by atoms with Gasteiger partial charge in [-0.2, -0.15) is 0 Å². The van der Waals surface area contributed by atoms with Crippen molar-refractivity contribution < 1.29 is 4.79 Å². The van der Waals surface area contributed by atoms with E-state index in [0.29, 0.717) is 18.1 Å². The van der Waals surface area contributed by atoms with E-state index in [0.717, 1.165) is 25.7 Å². The zero-order valence-electron chi connectivity index (χ0n) is 12.9. The summed E-state index contributed by atoms with van der Waals surface area (Å²) in [4.78, 5) is 12.1. The molecule has 1 fully saturated rings. The van der Waals surface area contributed by atoms with Crippen LogP contribution >= 0.6 is 0 Å². The smallest absolute Gasteiger partial charge is 0.133 e. The number of rotatable bonds is 3. The lowest BCUT2D eigenvalue weighted by Gasteiger charge is -2.19. The predicted molar refractivity (Wildman–Crippen MR) is 92.3 cm³/mol. The fourth-order valence-corrected chi connectivity index (χ4v) is 3.25. The Morgan fingerprint density at radius 1 is 0.909 bits per heavy atom. The van der Waals surface area contributed by atoms with Gasteiger partial charge in [0.15, 0.2) is 0 Å². The number of hydrogen-bond donors (Lipinski definition) is 0. The number of ketones is 1. The molecule has 1 aliphatic rings. The maximum Gasteiger partial charge on any atom is 0.133 e. The van der Waals surface area contributed by atoms with Crippen LogP contribution in [0.3, 0.4) is 0 Å². The summed E-state index contributed by atoms with van der Waals surface area (Å²) in [6.45, 7) is 0. The maximum absolute atomic E-state index is 12.1. The molecule has 2 aromatic rings. The third-order valence-electron chi connectivity index (χ3n) is 4.40. The molecule has 1 nitrogen and oxygen atoms in total. The van der Waals surface area contributed by atoms with Gasteiger partial charge in [-0.15, -0.1) is 0 Å². The average molecular weight is 290 g/mol. The molecule has 0 saturated heterocycles. The molecule has 1 atom stereocenters. The summed E-state index contributed by atoms with van der Waals surface area (Å²) < 4.78 is 0. The van der Waals surface area contributed by atoms with E-state index in [1.54, 1.807) is 0 Å². The maximum atomic E-state index is 12.1. The molecule has 0 amide bonds. The molecule has 1 heteroatoms. The van der Waals surface area contributed by atoms with Crippen molar-refractivity contribution in [3.05, 3.63) is 71.8 Å². The third kappa shape index (κ3) is 3.73. The molecule has 0 radical (unpaired) electrons. The van der Waals surface area contributed by atoms with Crippen molar-refractivity contribution in [2.24, 2.45) is 5.92 Å². The molecule has 112 valence electrons. The molecule has 0 unspecified atom stereocenters. The van der Waals surface area contributed by atoms with Crippen LogP contribution in [0.15, 0.2) is 60.7 Å². The Morgan fingerprint density at radius 3 is 2.32 bits per heavy atom. The molecular formula is C21H22O. The van der Waals surface area contributed by atoms with E-state index >= 15 is 0 Å². The van der Waals surface area contributed by atoms with E-state index < -0.39 is 0 Å². The van der Waals surface area contributed by atoms with Crippen molar-refractivity contribution in [3.63, 3.8) is 0 Å². The minimum atomic E-state index is 0.345. The van der Waals surface area contributed by atoms with E-state index in [2.05, 4.69) is 54.6 Å². The standard InChI is InChI=1S/C21H22O/c22-20-14-8-7-13-19(16-20)21(18-11-5-2-6-12-18)15-17-9-3-1-4-10-17/h1-6,9-12,15,19H,7-8,13-14,16H2/b21-15+/t19-/m0/s1. The van der Waals surface area contributed by atoms with Gasteiger partial charge in [0.2, 0.25) is 0 Å². The average Bonchev–Trinajstić information content (AvgIpc) is 2.79. The second-order valence-corrected chi connectivity index (χ2v) is 6.06. The first-order valence-corrected chi connectivity index (χ1v) is 8.17. The molecule has 0 aromatic heterocycles. The monoisotopic (exact) mass is 290 g/mol. The number of allylic oxidation sites excluding steroid dienone is 1.